The van der Waals surface area contributed by atoms with E-state index < -0.39 is 0 Å². The minimum atomic E-state index is 0.428. The topological polar surface area (TPSA) is 104 Å². The van der Waals surface area contributed by atoms with Crippen LogP contribution in [0.1, 0.15) is 12.5 Å². The van der Waals surface area contributed by atoms with Crippen molar-refractivity contribution in [2.45, 2.75) is 6.92 Å². The van der Waals surface area contributed by atoms with Crippen LogP contribution in [0.2, 0.25) is 0 Å². The van der Waals surface area contributed by atoms with Crippen molar-refractivity contribution in [3.8, 4) is 0 Å². The molecule has 0 saturated carbocycles. The molecule has 2 saturated heterocycles. The molecule has 0 unspecified atom stereocenters. The summed E-state index contributed by atoms with van der Waals surface area (Å²) < 4.78 is 10.9. The highest BCUT2D eigenvalue weighted by atomic mass is 16.5. The average molecular weight is 422 g/mol. The van der Waals surface area contributed by atoms with Crippen LogP contribution >= 0.6 is 0 Å². The first-order chi connectivity index (χ1) is 15.3. The van der Waals surface area contributed by atoms with Crippen LogP contribution in [0.5, 0.6) is 0 Å². The lowest BCUT2D eigenvalue weighted by atomic mass is 10.1. The number of ether oxygens (including phenoxy) is 2. The van der Waals surface area contributed by atoms with Crippen molar-refractivity contribution in [3.63, 3.8) is 0 Å². The summed E-state index contributed by atoms with van der Waals surface area (Å²) in [6.07, 6.45) is 1.97. The van der Waals surface area contributed by atoms with Gasteiger partial charge in [0.25, 0.3) is 0 Å². The summed E-state index contributed by atoms with van der Waals surface area (Å²) in [6, 6.07) is 8.17. The first-order valence-corrected chi connectivity index (χ1v) is 10.6. The predicted octanol–water partition coefficient (Wildman–Crippen LogP) is 1.86. The number of anilines is 3. The Hall–Kier alpha value is -3.24. The van der Waals surface area contributed by atoms with Crippen molar-refractivity contribution in [1.82, 2.24) is 19.9 Å². The standard InChI is InChI=1S/C21H26N8O2/c1-15(17-14-22-18-5-3-2-4-16(17)18)26-27-19-23-20(28-6-10-30-11-7-28)25-21(24-19)29-8-12-31-13-9-29/h2-5,14,22H,6-13H2,1H3,(H,23,24,25,27)/b26-15+. The number of nitrogens with one attached hydrogen (secondary N) is 2. The molecule has 2 N–H and O–H groups in total. The molecule has 1 aromatic carbocycles. The molecule has 2 aromatic heterocycles. The van der Waals surface area contributed by atoms with Gasteiger partial charge >= 0.3 is 0 Å². The maximum absolute atomic E-state index is 5.47. The molecule has 0 spiro atoms. The zero-order chi connectivity index (χ0) is 21.0. The summed E-state index contributed by atoms with van der Waals surface area (Å²) in [7, 11) is 0. The summed E-state index contributed by atoms with van der Waals surface area (Å²) in [5.41, 5.74) is 6.02. The third kappa shape index (κ3) is 4.30. The summed E-state index contributed by atoms with van der Waals surface area (Å²) in [4.78, 5) is 21.5. The number of hydrogen-bond acceptors (Lipinski definition) is 9. The van der Waals surface area contributed by atoms with Crippen LogP contribution in [0, 0.1) is 0 Å². The second kappa shape index (κ2) is 8.86. The summed E-state index contributed by atoms with van der Waals surface area (Å²) >= 11 is 0. The van der Waals surface area contributed by atoms with Crippen LogP contribution in [0.25, 0.3) is 10.9 Å². The smallest absolute Gasteiger partial charge is 0.250 e. The van der Waals surface area contributed by atoms with Gasteiger partial charge in [0.15, 0.2) is 0 Å². The van der Waals surface area contributed by atoms with Gasteiger partial charge in [-0.05, 0) is 13.0 Å². The van der Waals surface area contributed by atoms with E-state index in [1.54, 1.807) is 0 Å². The largest absolute Gasteiger partial charge is 0.378 e. The molecule has 0 aliphatic carbocycles. The Morgan fingerprint density at radius 2 is 1.55 bits per heavy atom. The van der Waals surface area contributed by atoms with Crippen LogP contribution < -0.4 is 15.2 Å². The molecule has 4 heterocycles. The van der Waals surface area contributed by atoms with E-state index in [0.29, 0.717) is 44.3 Å². The highest BCUT2D eigenvalue weighted by Gasteiger charge is 2.20. The number of aromatic nitrogens is 4. The third-order valence-electron chi connectivity index (χ3n) is 5.50. The molecule has 0 bridgehead atoms. The molecular weight excluding hydrogens is 396 g/mol. The Labute approximate surface area is 180 Å². The number of aromatic amines is 1. The molecule has 0 radical (unpaired) electrons. The minimum Gasteiger partial charge on any atom is -0.378 e. The van der Waals surface area contributed by atoms with E-state index in [1.165, 1.54) is 0 Å². The fourth-order valence-corrected chi connectivity index (χ4v) is 3.78. The first-order valence-electron chi connectivity index (χ1n) is 10.6. The molecular formula is C21H26N8O2. The molecule has 0 amide bonds. The van der Waals surface area contributed by atoms with E-state index >= 15 is 0 Å². The number of hydrazone groups is 1. The highest BCUT2D eigenvalue weighted by Crippen LogP contribution is 2.20. The zero-order valence-electron chi connectivity index (χ0n) is 17.5. The lowest BCUT2D eigenvalue weighted by Crippen LogP contribution is -2.40. The Morgan fingerprint density at radius 1 is 0.935 bits per heavy atom. The van der Waals surface area contributed by atoms with Crippen LogP contribution in [0.4, 0.5) is 17.8 Å². The average Bonchev–Trinajstić information content (AvgIpc) is 3.28. The molecule has 162 valence electrons. The highest BCUT2D eigenvalue weighted by molar-refractivity contribution is 6.09. The SMILES string of the molecule is C/C(=N\Nc1nc(N2CCOCC2)nc(N2CCOCC2)n1)c1c[nH]c2ccccc12. The monoisotopic (exact) mass is 422 g/mol. The maximum atomic E-state index is 5.47. The maximum Gasteiger partial charge on any atom is 0.250 e. The summed E-state index contributed by atoms with van der Waals surface area (Å²) in [6.45, 7) is 7.65. The fourth-order valence-electron chi connectivity index (χ4n) is 3.78. The molecule has 5 rings (SSSR count). The van der Waals surface area contributed by atoms with Crippen molar-refractivity contribution in [2.24, 2.45) is 5.10 Å². The summed E-state index contributed by atoms with van der Waals surface area (Å²) in [5, 5.41) is 5.70. The van der Waals surface area contributed by atoms with Gasteiger partial charge in [0, 0.05) is 48.8 Å². The Morgan fingerprint density at radius 3 is 2.19 bits per heavy atom. The van der Waals surface area contributed by atoms with Crippen molar-refractivity contribution >= 4 is 34.5 Å². The van der Waals surface area contributed by atoms with Gasteiger partial charge in [0.05, 0.1) is 32.1 Å². The minimum absolute atomic E-state index is 0.428. The number of benzene rings is 1. The van der Waals surface area contributed by atoms with E-state index in [1.807, 2.05) is 25.3 Å². The summed E-state index contributed by atoms with van der Waals surface area (Å²) in [5.74, 6) is 1.71. The van der Waals surface area contributed by atoms with Crippen molar-refractivity contribution in [1.29, 1.82) is 0 Å². The van der Waals surface area contributed by atoms with Crippen molar-refractivity contribution in [3.05, 3.63) is 36.0 Å². The van der Waals surface area contributed by atoms with Gasteiger partial charge < -0.3 is 24.3 Å². The molecule has 10 nitrogen and oxygen atoms in total. The molecule has 31 heavy (non-hydrogen) atoms. The number of hydrogen-bond donors (Lipinski definition) is 2. The molecule has 2 aliphatic heterocycles. The first kappa shape index (κ1) is 19.7. The van der Waals surface area contributed by atoms with Crippen LogP contribution in [0.3, 0.4) is 0 Å². The van der Waals surface area contributed by atoms with Crippen LogP contribution in [-0.2, 0) is 9.47 Å². The number of para-hydroxylation sites is 1. The second-order valence-corrected chi connectivity index (χ2v) is 7.51. The lowest BCUT2D eigenvalue weighted by molar-refractivity contribution is 0.121. The van der Waals surface area contributed by atoms with E-state index in [-0.39, 0.29) is 0 Å². The van der Waals surface area contributed by atoms with Gasteiger partial charge in [-0.15, -0.1) is 0 Å². The van der Waals surface area contributed by atoms with Crippen molar-refractivity contribution in [2.75, 3.05) is 67.8 Å². The Balaban J connectivity index is 1.43. The van der Waals surface area contributed by atoms with Crippen LogP contribution in [0.15, 0.2) is 35.6 Å². The quantitative estimate of drug-likeness (QED) is 0.474. The van der Waals surface area contributed by atoms with E-state index in [2.05, 4.69) is 47.4 Å². The van der Waals surface area contributed by atoms with E-state index in [0.717, 1.165) is 48.4 Å². The third-order valence-corrected chi connectivity index (χ3v) is 5.50. The van der Waals surface area contributed by atoms with Crippen molar-refractivity contribution < 1.29 is 9.47 Å². The fraction of sp³-hybridized carbons (Fsp3) is 0.429. The van der Waals surface area contributed by atoms with Crippen LogP contribution in [-0.4, -0.2) is 78.3 Å². The molecule has 2 aliphatic rings. The number of nitrogens with zero attached hydrogens (tertiary/aromatic N) is 6. The Kier molecular flexibility index (Phi) is 5.63. The van der Waals surface area contributed by atoms with Gasteiger partial charge in [-0.25, -0.2) is 5.43 Å². The van der Waals surface area contributed by atoms with Gasteiger partial charge in [0.1, 0.15) is 0 Å². The van der Waals surface area contributed by atoms with Gasteiger partial charge in [-0.2, -0.15) is 20.1 Å². The normalized spacial score (nSPS) is 17.9. The number of rotatable bonds is 5. The molecule has 10 heteroatoms. The number of H-pyrrole nitrogens is 1. The predicted molar refractivity (Wildman–Crippen MR) is 120 cm³/mol. The number of fused-ring (bicyclic) bond motifs is 1. The van der Waals surface area contributed by atoms with Gasteiger partial charge in [-0.1, -0.05) is 18.2 Å². The lowest BCUT2D eigenvalue weighted by Gasteiger charge is -2.30. The Bertz CT molecular complexity index is 1030. The molecule has 3 aromatic rings. The van der Waals surface area contributed by atoms with Gasteiger partial charge in [-0.3, -0.25) is 0 Å². The van der Waals surface area contributed by atoms with E-state index in [9.17, 15) is 0 Å². The number of morpholine rings is 2. The second-order valence-electron chi connectivity index (χ2n) is 7.51. The van der Waals surface area contributed by atoms with E-state index in [4.69, 9.17) is 14.5 Å². The zero-order valence-corrected chi connectivity index (χ0v) is 17.5. The molecule has 2 fully saturated rings. The molecule has 0 atom stereocenters. The van der Waals surface area contributed by atoms with Gasteiger partial charge in [0.2, 0.25) is 17.8 Å².